The van der Waals surface area contributed by atoms with E-state index in [1.165, 1.54) is 5.56 Å². The van der Waals surface area contributed by atoms with Gasteiger partial charge in [0.05, 0.1) is 25.5 Å². The van der Waals surface area contributed by atoms with Crippen molar-refractivity contribution in [3.8, 4) is 5.75 Å². The number of rotatable bonds is 12. The molecule has 0 aliphatic carbocycles. The smallest absolute Gasteiger partial charge is 0.257 e. The summed E-state index contributed by atoms with van der Waals surface area (Å²) in [4.78, 5) is 22.8. The number of amides is 1. The Kier molecular flexibility index (Phi) is 8.55. The molecule has 186 valence electrons. The van der Waals surface area contributed by atoms with Crippen LogP contribution < -0.4 is 15.1 Å². The van der Waals surface area contributed by atoms with E-state index in [2.05, 4.69) is 48.3 Å². The van der Waals surface area contributed by atoms with E-state index in [9.17, 15) is 4.79 Å². The van der Waals surface area contributed by atoms with Gasteiger partial charge < -0.3 is 9.64 Å². The van der Waals surface area contributed by atoms with Crippen molar-refractivity contribution in [1.29, 1.82) is 0 Å². The van der Waals surface area contributed by atoms with Crippen LogP contribution >= 0.6 is 0 Å². The lowest BCUT2D eigenvalue weighted by atomic mass is 9.86. The Labute approximate surface area is 213 Å². The summed E-state index contributed by atoms with van der Waals surface area (Å²) in [5.74, 6) is 0.694. The van der Waals surface area contributed by atoms with Crippen molar-refractivity contribution < 1.29 is 14.4 Å². The average Bonchev–Trinajstić information content (AvgIpc) is 2.91. The number of nitrogens with one attached hydrogen (secondary N) is 1. The van der Waals surface area contributed by atoms with E-state index in [1.807, 2.05) is 60.7 Å². The first-order valence-electron chi connectivity index (χ1n) is 12.1. The summed E-state index contributed by atoms with van der Waals surface area (Å²) in [5.41, 5.74) is 7.26. The predicted molar refractivity (Wildman–Crippen MR) is 143 cm³/mol. The number of carbonyl (C=O) groups is 1. The number of nitrogens with zero attached hydrogens (tertiary/aromatic N) is 2. The van der Waals surface area contributed by atoms with E-state index in [0.717, 1.165) is 36.5 Å². The molecule has 0 radical (unpaired) electrons. The van der Waals surface area contributed by atoms with E-state index in [4.69, 9.17) is 9.57 Å². The molecule has 3 aromatic rings. The molecule has 0 bridgehead atoms. The number of ether oxygens (including phenoxy) is 1. The summed E-state index contributed by atoms with van der Waals surface area (Å²) >= 11 is 0. The Hall–Kier alpha value is -3.87. The molecule has 4 rings (SSSR count). The van der Waals surface area contributed by atoms with E-state index in [-0.39, 0.29) is 11.9 Å². The minimum Gasteiger partial charge on any atom is -0.497 e. The standard InChI is InChI=1S/C30H33N3O3/c1-23(31-36-20-10-19-32(2)22-24-11-6-4-7-12-24)21-28-29(25-13-8-5-9-14-25)33(30(28)34)26-15-17-27(35-3)18-16-26/h4-9,11-18,21,29,31H,1,10,19-20,22H2,2-3H3. The zero-order valence-corrected chi connectivity index (χ0v) is 20.9. The zero-order valence-electron chi connectivity index (χ0n) is 20.9. The summed E-state index contributed by atoms with van der Waals surface area (Å²) < 4.78 is 5.26. The molecule has 6 heteroatoms. The van der Waals surface area contributed by atoms with Gasteiger partial charge in [0, 0.05) is 24.4 Å². The molecule has 1 unspecified atom stereocenters. The van der Waals surface area contributed by atoms with Crippen molar-refractivity contribution in [2.24, 2.45) is 0 Å². The van der Waals surface area contributed by atoms with Gasteiger partial charge in [-0.15, -0.1) is 0 Å². The molecular formula is C30H33N3O3. The van der Waals surface area contributed by atoms with E-state index in [0.29, 0.717) is 17.9 Å². The molecule has 6 nitrogen and oxygen atoms in total. The first-order chi connectivity index (χ1) is 17.6. The first-order valence-corrected chi connectivity index (χ1v) is 12.1. The Balaban J connectivity index is 1.32. The van der Waals surface area contributed by atoms with Crippen LogP contribution in [0.4, 0.5) is 5.69 Å². The Bertz CT molecular complexity index is 1180. The van der Waals surface area contributed by atoms with Gasteiger partial charge in [-0.2, -0.15) is 0 Å². The van der Waals surface area contributed by atoms with Gasteiger partial charge in [-0.05, 0) is 54.9 Å². The zero-order chi connectivity index (χ0) is 25.3. The van der Waals surface area contributed by atoms with Crippen LogP contribution in [0.1, 0.15) is 23.6 Å². The molecule has 1 N–H and O–H groups in total. The molecule has 36 heavy (non-hydrogen) atoms. The summed E-state index contributed by atoms with van der Waals surface area (Å²) in [7, 11) is 3.73. The minimum atomic E-state index is -0.197. The average molecular weight is 484 g/mol. The van der Waals surface area contributed by atoms with E-state index in [1.54, 1.807) is 18.1 Å². The van der Waals surface area contributed by atoms with Crippen LogP contribution in [0.5, 0.6) is 5.75 Å². The molecular weight excluding hydrogens is 450 g/mol. The molecule has 1 aliphatic heterocycles. The maximum atomic E-state index is 13.1. The fraction of sp³-hybridized carbons (Fsp3) is 0.233. The highest BCUT2D eigenvalue weighted by Crippen LogP contribution is 2.43. The fourth-order valence-corrected chi connectivity index (χ4v) is 4.30. The Morgan fingerprint density at radius 1 is 1.03 bits per heavy atom. The third kappa shape index (κ3) is 6.22. The SMILES string of the molecule is C=C(C=C1C(=O)N(c2ccc(OC)cc2)C1c1ccccc1)NOCCCN(C)Cc1ccccc1. The predicted octanol–water partition coefficient (Wildman–Crippen LogP) is 5.27. The lowest BCUT2D eigenvalue weighted by Crippen LogP contribution is -2.49. The maximum absolute atomic E-state index is 13.1. The number of β-lactam (4-membered cyclic amide) rings is 1. The number of carbonyl (C=O) groups excluding carboxylic acids is 1. The van der Waals surface area contributed by atoms with Crippen molar-refractivity contribution in [3.63, 3.8) is 0 Å². The van der Waals surface area contributed by atoms with Gasteiger partial charge in [-0.3, -0.25) is 20.0 Å². The summed E-state index contributed by atoms with van der Waals surface area (Å²) in [6.07, 6.45) is 2.65. The van der Waals surface area contributed by atoms with Crippen molar-refractivity contribution in [2.45, 2.75) is 19.0 Å². The van der Waals surface area contributed by atoms with Crippen LogP contribution in [-0.4, -0.2) is 38.1 Å². The maximum Gasteiger partial charge on any atom is 0.257 e. The van der Waals surface area contributed by atoms with Crippen LogP contribution in [-0.2, 0) is 16.2 Å². The molecule has 0 saturated carbocycles. The van der Waals surface area contributed by atoms with Crippen molar-refractivity contribution in [2.75, 3.05) is 32.2 Å². The lowest BCUT2D eigenvalue weighted by molar-refractivity contribution is -0.119. The second-order valence-electron chi connectivity index (χ2n) is 8.84. The van der Waals surface area contributed by atoms with Gasteiger partial charge in [-0.1, -0.05) is 67.2 Å². The van der Waals surface area contributed by atoms with Crippen LogP contribution in [0.15, 0.2) is 109 Å². The molecule has 1 saturated heterocycles. The molecule has 1 amide bonds. The highest BCUT2D eigenvalue weighted by Gasteiger charge is 2.43. The molecule has 1 fully saturated rings. The molecule has 1 atom stereocenters. The first kappa shape index (κ1) is 25.2. The number of allylic oxidation sites excluding steroid dienone is 1. The van der Waals surface area contributed by atoms with Gasteiger partial charge in [0.1, 0.15) is 5.75 Å². The highest BCUT2D eigenvalue weighted by molar-refractivity contribution is 6.15. The molecule has 1 heterocycles. The van der Waals surface area contributed by atoms with Gasteiger partial charge in [0.25, 0.3) is 5.91 Å². The Morgan fingerprint density at radius 3 is 2.36 bits per heavy atom. The molecule has 3 aromatic carbocycles. The van der Waals surface area contributed by atoms with Crippen molar-refractivity contribution >= 4 is 11.6 Å². The van der Waals surface area contributed by atoms with Gasteiger partial charge >= 0.3 is 0 Å². The normalized spacial score (nSPS) is 16.2. The number of hydrogen-bond donors (Lipinski definition) is 1. The van der Waals surface area contributed by atoms with Gasteiger partial charge in [0.2, 0.25) is 0 Å². The molecule has 0 spiro atoms. The van der Waals surface area contributed by atoms with Crippen LogP contribution in [0.2, 0.25) is 0 Å². The third-order valence-electron chi connectivity index (χ3n) is 6.10. The summed E-state index contributed by atoms with van der Waals surface area (Å²) in [6, 6.07) is 27.7. The van der Waals surface area contributed by atoms with E-state index >= 15 is 0 Å². The number of hydrogen-bond acceptors (Lipinski definition) is 5. The highest BCUT2D eigenvalue weighted by atomic mass is 16.6. The fourth-order valence-electron chi connectivity index (χ4n) is 4.30. The monoisotopic (exact) mass is 483 g/mol. The van der Waals surface area contributed by atoms with Crippen LogP contribution in [0, 0.1) is 0 Å². The van der Waals surface area contributed by atoms with Crippen LogP contribution in [0.25, 0.3) is 0 Å². The van der Waals surface area contributed by atoms with Crippen molar-refractivity contribution in [3.05, 3.63) is 120 Å². The topological polar surface area (TPSA) is 54.0 Å². The largest absolute Gasteiger partial charge is 0.497 e. The lowest BCUT2D eigenvalue weighted by Gasteiger charge is -2.43. The second kappa shape index (κ2) is 12.2. The van der Waals surface area contributed by atoms with Gasteiger partial charge in [0.15, 0.2) is 0 Å². The summed E-state index contributed by atoms with van der Waals surface area (Å²) in [5, 5.41) is 0. The number of benzene rings is 3. The number of methoxy groups -OCH3 is 1. The second-order valence-corrected chi connectivity index (χ2v) is 8.84. The minimum absolute atomic E-state index is 0.0560. The number of hydroxylamine groups is 1. The Morgan fingerprint density at radius 2 is 1.69 bits per heavy atom. The molecule has 1 aliphatic rings. The summed E-state index contributed by atoms with van der Waals surface area (Å²) in [6.45, 7) is 6.39. The van der Waals surface area contributed by atoms with Crippen molar-refractivity contribution in [1.82, 2.24) is 10.4 Å². The third-order valence-corrected chi connectivity index (χ3v) is 6.10. The van der Waals surface area contributed by atoms with Crippen LogP contribution in [0.3, 0.4) is 0 Å². The van der Waals surface area contributed by atoms with E-state index < -0.39 is 0 Å². The van der Waals surface area contributed by atoms with Gasteiger partial charge in [-0.25, -0.2) is 0 Å². The number of anilines is 1. The molecule has 0 aromatic heterocycles. The quantitative estimate of drug-likeness (QED) is 0.165.